The molecule has 0 radical (unpaired) electrons. The summed E-state index contributed by atoms with van der Waals surface area (Å²) in [4.78, 5) is 24.5. The van der Waals surface area contributed by atoms with E-state index in [1.54, 1.807) is 13.8 Å². The van der Waals surface area contributed by atoms with Crippen molar-refractivity contribution in [1.82, 2.24) is 5.32 Å². The van der Waals surface area contributed by atoms with Gasteiger partial charge in [0.15, 0.2) is 0 Å². The Morgan fingerprint density at radius 2 is 1.71 bits per heavy atom. The Balaban J connectivity index is 1.74. The number of methoxy groups -OCH3 is 1. The fourth-order valence-corrected chi connectivity index (χ4v) is 4.15. The highest BCUT2D eigenvalue weighted by Gasteiger charge is 2.41. The van der Waals surface area contributed by atoms with E-state index in [1.165, 1.54) is 7.11 Å². The summed E-state index contributed by atoms with van der Waals surface area (Å²) in [7, 11) is 1.49. The topological polar surface area (TPSA) is 84.9 Å². The highest BCUT2D eigenvalue weighted by atomic mass is 16.5. The van der Waals surface area contributed by atoms with Crippen LogP contribution in [0.4, 0.5) is 4.79 Å². The van der Waals surface area contributed by atoms with Crippen molar-refractivity contribution in [3.8, 4) is 23.0 Å². The molecular weight excluding hydrogens is 394 g/mol. The van der Waals surface area contributed by atoms with Gasteiger partial charge in [-0.1, -0.05) is 55.5 Å². The van der Waals surface area contributed by atoms with Crippen LogP contribution in [0.25, 0.3) is 11.1 Å². The monoisotopic (exact) mass is 421 g/mol. The first-order chi connectivity index (χ1) is 14.9. The van der Waals surface area contributed by atoms with Crippen molar-refractivity contribution >= 4 is 12.1 Å². The van der Waals surface area contributed by atoms with Gasteiger partial charge in [0.05, 0.1) is 6.61 Å². The summed E-state index contributed by atoms with van der Waals surface area (Å²) >= 11 is 0. The number of nitrogens with one attached hydrogen (secondary N) is 1. The average molecular weight is 421 g/mol. The second kappa shape index (κ2) is 9.67. The van der Waals surface area contributed by atoms with Crippen LogP contribution in [0.2, 0.25) is 0 Å². The Labute approximate surface area is 182 Å². The van der Waals surface area contributed by atoms with Crippen molar-refractivity contribution in [1.29, 1.82) is 0 Å². The first-order valence-corrected chi connectivity index (χ1v) is 10.1. The Morgan fingerprint density at radius 3 is 2.23 bits per heavy atom. The molecule has 0 heterocycles. The first kappa shape index (κ1) is 22.4. The molecule has 0 spiro atoms. The fourth-order valence-electron chi connectivity index (χ4n) is 4.15. The van der Waals surface area contributed by atoms with E-state index in [0.29, 0.717) is 0 Å². The summed E-state index contributed by atoms with van der Waals surface area (Å²) in [6.07, 6.45) is -0.515. The zero-order chi connectivity index (χ0) is 22.4. The number of fused-ring (bicyclic) bond motifs is 3. The summed E-state index contributed by atoms with van der Waals surface area (Å²) in [5, 5.41) is 12.3. The number of benzene rings is 2. The van der Waals surface area contributed by atoms with Gasteiger partial charge in [0.2, 0.25) is 0 Å². The third-order valence-corrected chi connectivity index (χ3v) is 5.69. The normalized spacial score (nSPS) is 14.9. The number of hydrogen-bond donors (Lipinski definition) is 2. The minimum absolute atomic E-state index is 0.0993. The smallest absolute Gasteiger partial charge is 0.407 e. The summed E-state index contributed by atoms with van der Waals surface area (Å²) in [5.74, 6) is 4.40. The molecule has 0 unspecified atom stereocenters. The van der Waals surface area contributed by atoms with E-state index in [1.807, 2.05) is 36.4 Å². The molecule has 0 saturated carbocycles. The van der Waals surface area contributed by atoms with E-state index in [2.05, 4.69) is 29.3 Å². The molecule has 1 aliphatic carbocycles. The van der Waals surface area contributed by atoms with Crippen LogP contribution in [0, 0.1) is 17.3 Å². The average Bonchev–Trinajstić information content (AvgIpc) is 3.08. The van der Waals surface area contributed by atoms with E-state index < -0.39 is 23.5 Å². The molecule has 0 saturated heterocycles. The highest BCUT2D eigenvalue weighted by molar-refractivity contribution is 5.81. The number of hydrogen-bond acceptors (Lipinski definition) is 4. The number of carboxylic acids is 1. The number of alkyl carbamates (subject to hydrolysis) is 1. The summed E-state index contributed by atoms with van der Waals surface area (Å²) in [5.41, 5.74) is 3.53. The van der Waals surface area contributed by atoms with Gasteiger partial charge in [-0.2, -0.15) is 0 Å². The predicted octanol–water partition coefficient (Wildman–Crippen LogP) is 4.04. The molecule has 0 bridgehead atoms. The highest BCUT2D eigenvalue weighted by Crippen LogP contribution is 2.44. The van der Waals surface area contributed by atoms with Gasteiger partial charge in [-0.15, -0.1) is 11.8 Å². The van der Waals surface area contributed by atoms with E-state index >= 15 is 0 Å². The van der Waals surface area contributed by atoms with Crippen molar-refractivity contribution in [2.24, 2.45) is 5.41 Å². The maximum Gasteiger partial charge on any atom is 0.407 e. The third kappa shape index (κ3) is 4.73. The van der Waals surface area contributed by atoms with Crippen LogP contribution < -0.4 is 5.32 Å². The van der Waals surface area contributed by atoms with Crippen LogP contribution >= 0.6 is 0 Å². The van der Waals surface area contributed by atoms with Crippen LogP contribution in [0.1, 0.15) is 37.3 Å². The molecule has 0 fully saturated rings. The number of rotatable bonds is 8. The number of ether oxygens (including phenoxy) is 2. The summed E-state index contributed by atoms with van der Waals surface area (Å²) < 4.78 is 10.7. The quantitative estimate of drug-likeness (QED) is 0.629. The Morgan fingerprint density at radius 1 is 1.13 bits per heavy atom. The SMILES string of the molecule is CC#CC[C@@](C)(COC)[C@@H](NC(=O)OCC1c2ccccc2-c2ccccc21)C(=O)O. The van der Waals surface area contributed by atoms with Gasteiger partial charge in [-0.05, 0) is 29.2 Å². The molecule has 2 aromatic rings. The lowest BCUT2D eigenvalue weighted by Gasteiger charge is -2.33. The molecule has 162 valence electrons. The van der Waals surface area contributed by atoms with Gasteiger partial charge >= 0.3 is 12.1 Å². The molecule has 1 aliphatic rings. The van der Waals surface area contributed by atoms with Crippen molar-refractivity contribution in [2.45, 2.75) is 32.2 Å². The van der Waals surface area contributed by atoms with Gasteiger partial charge in [-0.25, -0.2) is 9.59 Å². The first-order valence-electron chi connectivity index (χ1n) is 10.1. The second-order valence-corrected chi connectivity index (χ2v) is 7.93. The molecular formula is C25H27NO5. The lowest BCUT2D eigenvalue weighted by Crippen LogP contribution is -2.53. The van der Waals surface area contributed by atoms with Crippen molar-refractivity contribution in [3.63, 3.8) is 0 Å². The zero-order valence-electron chi connectivity index (χ0n) is 18.0. The lowest BCUT2D eigenvalue weighted by atomic mass is 9.80. The maximum atomic E-state index is 12.6. The molecule has 3 rings (SSSR count). The van der Waals surface area contributed by atoms with Crippen molar-refractivity contribution in [2.75, 3.05) is 20.3 Å². The number of aliphatic carboxylic acids is 1. The molecule has 1 amide bonds. The van der Waals surface area contributed by atoms with E-state index in [0.717, 1.165) is 22.3 Å². The Hall–Kier alpha value is -3.30. The maximum absolute atomic E-state index is 12.6. The Bertz CT molecular complexity index is 976. The largest absolute Gasteiger partial charge is 0.480 e. The minimum Gasteiger partial charge on any atom is -0.480 e. The molecule has 31 heavy (non-hydrogen) atoms. The van der Waals surface area contributed by atoms with Crippen LogP contribution in [0.5, 0.6) is 0 Å². The molecule has 0 aromatic heterocycles. The molecule has 2 N–H and O–H groups in total. The number of carboxylic acid groups (broad SMARTS) is 1. The van der Waals surface area contributed by atoms with E-state index in [-0.39, 0.29) is 25.6 Å². The number of carbonyl (C=O) groups excluding carboxylic acids is 1. The zero-order valence-corrected chi connectivity index (χ0v) is 18.0. The Kier molecular flexibility index (Phi) is 6.98. The number of amides is 1. The van der Waals surface area contributed by atoms with Crippen LogP contribution in [-0.2, 0) is 14.3 Å². The van der Waals surface area contributed by atoms with E-state index in [4.69, 9.17) is 9.47 Å². The van der Waals surface area contributed by atoms with Gasteiger partial charge in [0, 0.05) is 24.9 Å². The fraction of sp³-hybridized carbons (Fsp3) is 0.360. The standard InChI is InChI=1S/C25H27NO5/c1-4-5-14-25(2,16-30-3)22(23(27)28)26-24(29)31-15-21-19-12-8-6-10-17(19)18-11-7-9-13-20(18)21/h6-13,21-22H,14-16H2,1-3H3,(H,26,29)(H,27,28)/t22-,25-/m0/s1. The third-order valence-electron chi connectivity index (χ3n) is 5.69. The number of carbonyl (C=O) groups is 2. The molecule has 6 nitrogen and oxygen atoms in total. The van der Waals surface area contributed by atoms with Crippen molar-refractivity contribution < 1.29 is 24.2 Å². The lowest BCUT2D eigenvalue weighted by molar-refractivity contribution is -0.144. The second-order valence-electron chi connectivity index (χ2n) is 7.93. The van der Waals surface area contributed by atoms with Crippen LogP contribution in [0.15, 0.2) is 48.5 Å². The van der Waals surface area contributed by atoms with Gasteiger partial charge < -0.3 is 19.9 Å². The summed E-state index contributed by atoms with van der Waals surface area (Å²) in [6, 6.07) is 14.9. The van der Waals surface area contributed by atoms with Crippen molar-refractivity contribution in [3.05, 3.63) is 59.7 Å². The predicted molar refractivity (Wildman–Crippen MR) is 118 cm³/mol. The van der Waals surface area contributed by atoms with Gasteiger partial charge in [-0.3, -0.25) is 0 Å². The van der Waals surface area contributed by atoms with Gasteiger partial charge in [0.1, 0.15) is 12.6 Å². The van der Waals surface area contributed by atoms with Gasteiger partial charge in [0.25, 0.3) is 0 Å². The van der Waals surface area contributed by atoms with E-state index in [9.17, 15) is 14.7 Å². The minimum atomic E-state index is -1.20. The summed E-state index contributed by atoms with van der Waals surface area (Å²) in [6.45, 7) is 3.65. The molecule has 6 heteroatoms. The molecule has 0 aliphatic heterocycles. The molecule has 2 atom stereocenters. The van der Waals surface area contributed by atoms with Crippen LogP contribution in [-0.4, -0.2) is 43.5 Å². The molecule has 2 aromatic carbocycles. The van der Waals surface area contributed by atoms with Crippen LogP contribution in [0.3, 0.4) is 0 Å².